The number of hydrogen-bond donors (Lipinski definition) is 4. The first-order valence-corrected chi connectivity index (χ1v) is 10.2. The molecule has 3 aromatic rings. The van der Waals surface area contributed by atoms with Crippen LogP contribution in [0, 0.1) is 5.82 Å². The second-order valence-electron chi connectivity index (χ2n) is 7.91. The molecule has 0 saturated carbocycles. The largest absolute Gasteiger partial charge is 0.506 e. The van der Waals surface area contributed by atoms with Crippen molar-refractivity contribution in [2.24, 2.45) is 0 Å². The molecule has 10 heteroatoms. The van der Waals surface area contributed by atoms with Crippen LogP contribution in [0.2, 0.25) is 5.02 Å². The van der Waals surface area contributed by atoms with E-state index in [-0.39, 0.29) is 44.9 Å². The minimum atomic E-state index is -5.02. The summed E-state index contributed by atoms with van der Waals surface area (Å²) in [6.45, 7) is 1.66. The van der Waals surface area contributed by atoms with Crippen LogP contribution in [0.4, 0.5) is 23.2 Å². The molecule has 0 spiro atoms. The van der Waals surface area contributed by atoms with E-state index in [1.54, 1.807) is 6.92 Å². The Labute approximate surface area is 184 Å². The van der Waals surface area contributed by atoms with Crippen LogP contribution in [0.3, 0.4) is 0 Å². The molecule has 5 nitrogen and oxygen atoms in total. The molecule has 0 saturated heterocycles. The number of phenols is 1. The van der Waals surface area contributed by atoms with Gasteiger partial charge in [-0.25, -0.2) is 4.39 Å². The quantitative estimate of drug-likeness (QED) is 0.388. The molecule has 0 fully saturated rings. The van der Waals surface area contributed by atoms with Crippen LogP contribution in [-0.4, -0.2) is 27.0 Å². The summed E-state index contributed by atoms with van der Waals surface area (Å²) in [5.41, 5.74) is -3.61. The van der Waals surface area contributed by atoms with Gasteiger partial charge in [-0.3, -0.25) is 4.79 Å². The number of rotatable bonds is 3. The van der Waals surface area contributed by atoms with Crippen LogP contribution in [0.15, 0.2) is 41.2 Å². The van der Waals surface area contributed by atoms with E-state index in [1.165, 1.54) is 24.3 Å². The SMILES string of the molecule is CC[C@H]1C[C@](O)(C(F)(F)F)[C@@H](Nc2ccc(F)c3[nH]c(=O)ccc23)c2ccc(Cl)c(O)c21. The van der Waals surface area contributed by atoms with Crippen molar-refractivity contribution in [1.82, 2.24) is 4.98 Å². The number of pyridine rings is 1. The van der Waals surface area contributed by atoms with Crippen molar-refractivity contribution in [2.45, 2.75) is 43.5 Å². The lowest BCUT2D eigenvalue weighted by molar-refractivity contribution is -0.272. The topological polar surface area (TPSA) is 85.4 Å². The highest BCUT2D eigenvalue weighted by molar-refractivity contribution is 6.32. The van der Waals surface area contributed by atoms with Gasteiger partial charge in [0.15, 0.2) is 5.60 Å². The number of aromatic hydroxyl groups is 1. The number of aromatic nitrogens is 1. The molecule has 0 amide bonds. The Morgan fingerprint density at radius 3 is 2.59 bits per heavy atom. The maximum absolute atomic E-state index is 14.2. The number of H-pyrrole nitrogens is 1. The minimum Gasteiger partial charge on any atom is -0.506 e. The third kappa shape index (κ3) is 3.40. The monoisotopic (exact) mass is 470 g/mol. The van der Waals surface area contributed by atoms with E-state index in [0.29, 0.717) is 0 Å². The summed E-state index contributed by atoms with van der Waals surface area (Å²) in [5.74, 6) is -1.89. The molecule has 1 aliphatic carbocycles. The van der Waals surface area contributed by atoms with Crippen molar-refractivity contribution in [1.29, 1.82) is 0 Å². The number of alkyl halides is 3. The summed E-state index contributed by atoms with van der Waals surface area (Å²) >= 11 is 6.02. The summed E-state index contributed by atoms with van der Waals surface area (Å²) < 4.78 is 56.8. The van der Waals surface area contributed by atoms with Gasteiger partial charge in [0.25, 0.3) is 0 Å². The summed E-state index contributed by atoms with van der Waals surface area (Å²) in [4.78, 5) is 13.9. The molecular formula is C22H19ClF4N2O3. The highest BCUT2D eigenvalue weighted by atomic mass is 35.5. The fraction of sp³-hybridized carbons (Fsp3) is 0.318. The fourth-order valence-electron chi connectivity index (χ4n) is 4.45. The number of aromatic amines is 1. The standard InChI is InChI=1S/C22H19ClF4N2O3/c1-2-10-9-21(32,22(25,26)27)20(12-3-5-13(23)19(31)17(10)12)28-15-7-6-14(24)18-11(15)4-8-16(30)29-18/h3-8,10,20,28,31-32H,2,9H2,1H3,(H,29,30)/t10-,20-,21+/m0/s1. The number of fused-ring (bicyclic) bond motifs is 2. The molecule has 170 valence electrons. The van der Waals surface area contributed by atoms with Crippen molar-refractivity contribution in [3.8, 4) is 5.75 Å². The lowest BCUT2D eigenvalue weighted by Crippen LogP contribution is -2.55. The van der Waals surface area contributed by atoms with Crippen molar-refractivity contribution >= 4 is 28.2 Å². The van der Waals surface area contributed by atoms with Gasteiger partial charge in [-0.05, 0) is 48.6 Å². The van der Waals surface area contributed by atoms with Gasteiger partial charge in [-0.15, -0.1) is 0 Å². The van der Waals surface area contributed by atoms with Crippen LogP contribution in [0.1, 0.15) is 42.9 Å². The fourth-order valence-corrected chi connectivity index (χ4v) is 4.62. The zero-order chi connectivity index (χ0) is 23.4. The van der Waals surface area contributed by atoms with Crippen molar-refractivity contribution in [3.63, 3.8) is 0 Å². The Bertz CT molecular complexity index is 1260. The Morgan fingerprint density at radius 1 is 1.22 bits per heavy atom. The third-order valence-electron chi connectivity index (χ3n) is 6.08. The number of hydrogen-bond acceptors (Lipinski definition) is 4. The molecule has 4 N–H and O–H groups in total. The summed E-state index contributed by atoms with van der Waals surface area (Å²) in [6.07, 6.45) is -5.50. The van der Waals surface area contributed by atoms with Gasteiger partial charge in [-0.2, -0.15) is 13.2 Å². The van der Waals surface area contributed by atoms with Gasteiger partial charge in [0.2, 0.25) is 5.56 Å². The molecule has 0 bridgehead atoms. The average Bonchev–Trinajstić information content (AvgIpc) is 2.73. The summed E-state index contributed by atoms with van der Waals surface area (Å²) in [5, 5.41) is 24.3. The molecule has 1 aliphatic rings. The minimum absolute atomic E-state index is 0.0109. The van der Waals surface area contributed by atoms with E-state index < -0.39 is 41.5 Å². The van der Waals surface area contributed by atoms with Gasteiger partial charge in [0.1, 0.15) is 11.6 Å². The first-order chi connectivity index (χ1) is 15.0. The van der Waals surface area contributed by atoms with Crippen LogP contribution >= 0.6 is 11.6 Å². The number of anilines is 1. The highest BCUT2D eigenvalue weighted by Gasteiger charge is 2.62. The molecule has 3 atom stereocenters. The zero-order valence-electron chi connectivity index (χ0n) is 16.7. The van der Waals surface area contributed by atoms with E-state index in [9.17, 15) is 32.6 Å². The van der Waals surface area contributed by atoms with E-state index in [0.717, 1.165) is 12.1 Å². The van der Waals surface area contributed by atoms with Gasteiger partial charge >= 0.3 is 6.18 Å². The number of phenolic OH excluding ortho intramolecular Hbond substituents is 1. The van der Waals surface area contributed by atoms with Gasteiger partial charge in [0.05, 0.1) is 16.6 Å². The Morgan fingerprint density at radius 2 is 1.94 bits per heavy atom. The van der Waals surface area contributed by atoms with Gasteiger partial charge in [0, 0.05) is 22.7 Å². The molecule has 0 aliphatic heterocycles. The van der Waals surface area contributed by atoms with Crippen molar-refractivity contribution in [2.75, 3.05) is 5.32 Å². The molecule has 1 aromatic heterocycles. The number of benzene rings is 2. The predicted molar refractivity (Wildman–Crippen MR) is 113 cm³/mol. The molecular weight excluding hydrogens is 452 g/mol. The molecule has 32 heavy (non-hydrogen) atoms. The Kier molecular flexibility index (Phi) is 5.37. The lowest BCUT2D eigenvalue weighted by atomic mass is 9.69. The lowest BCUT2D eigenvalue weighted by Gasteiger charge is -2.46. The van der Waals surface area contributed by atoms with Gasteiger partial charge in [-0.1, -0.05) is 24.6 Å². The Balaban J connectivity index is 1.95. The van der Waals surface area contributed by atoms with Crippen LogP contribution in [0.25, 0.3) is 10.9 Å². The normalized spacial score (nSPS) is 23.2. The highest BCUT2D eigenvalue weighted by Crippen LogP contribution is 2.56. The molecule has 0 unspecified atom stereocenters. The number of nitrogens with one attached hydrogen (secondary N) is 2. The first kappa shape index (κ1) is 22.4. The summed E-state index contributed by atoms with van der Waals surface area (Å²) in [6, 6.07) is 5.50. The van der Waals surface area contributed by atoms with E-state index in [2.05, 4.69) is 10.3 Å². The van der Waals surface area contributed by atoms with Crippen molar-refractivity contribution in [3.05, 3.63) is 68.7 Å². The van der Waals surface area contributed by atoms with Crippen molar-refractivity contribution < 1.29 is 27.8 Å². The third-order valence-corrected chi connectivity index (χ3v) is 6.39. The summed E-state index contributed by atoms with van der Waals surface area (Å²) in [7, 11) is 0. The predicted octanol–water partition coefficient (Wildman–Crippen LogP) is 5.37. The first-order valence-electron chi connectivity index (χ1n) is 9.86. The van der Waals surface area contributed by atoms with Crippen LogP contribution < -0.4 is 10.9 Å². The second kappa shape index (κ2) is 7.67. The van der Waals surface area contributed by atoms with E-state index >= 15 is 0 Å². The van der Waals surface area contributed by atoms with E-state index in [4.69, 9.17) is 11.6 Å². The maximum atomic E-state index is 14.2. The smallest absolute Gasteiger partial charge is 0.419 e. The number of aliphatic hydroxyl groups is 1. The number of halogens is 5. The van der Waals surface area contributed by atoms with Gasteiger partial charge < -0.3 is 20.5 Å². The molecule has 2 aromatic carbocycles. The van der Waals surface area contributed by atoms with Crippen LogP contribution in [-0.2, 0) is 0 Å². The van der Waals surface area contributed by atoms with E-state index in [1.807, 2.05) is 0 Å². The average molecular weight is 471 g/mol. The molecule has 0 radical (unpaired) electrons. The Hall–Kier alpha value is -2.78. The molecule has 4 rings (SSSR count). The van der Waals surface area contributed by atoms with Crippen LogP contribution in [0.5, 0.6) is 5.75 Å². The zero-order valence-corrected chi connectivity index (χ0v) is 17.5. The maximum Gasteiger partial charge on any atom is 0.419 e. The second-order valence-corrected chi connectivity index (χ2v) is 8.32. The molecule has 1 heterocycles.